The molecule has 2 aromatic heterocycles. The number of aromatic nitrogens is 3. The summed E-state index contributed by atoms with van der Waals surface area (Å²) in [7, 11) is 2.05. The van der Waals surface area contributed by atoms with Gasteiger partial charge in [-0.15, -0.1) is 11.3 Å². The van der Waals surface area contributed by atoms with Crippen LogP contribution in [0.2, 0.25) is 0 Å². The van der Waals surface area contributed by atoms with Crippen molar-refractivity contribution in [3.8, 4) is 0 Å². The van der Waals surface area contributed by atoms with Gasteiger partial charge in [0.1, 0.15) is 5.01 Å². The Morgan fingerprint density at radius 1 is 1.33 bits per heavy atom. The molecule has 3 rings (SSSR count). The first-order chi connectivity index (χ1) is 10.2. The second-order valence-electron chi connectivity index (χ2n) is 5.81. The highest BCUT2D eigenvalue weighted by atomic mass is 32.1. The number of nitrogens with zero attached hydrogens (tertiary/aromatic N) is 3. The third-order valence-corrected chi connectivity index (χ3v) is 5.17. The summed E-state index contributed by atoms with van der Waals surface area (Å²) < 4.78 is 5.43. The van der Waals surface area contributed by atoms with Crippen molar-refractivity contribution in [3.63, 3.8) is 0 Å². The van der Waals surface area contributed by atoms with E-state index in [0.29, 0.717) is 18.4 Å². The van der Waals surface area contributed by atoms with Gasteiger partial charge in [-0.25, -0.2) is 4.98 Å². The van der Waals surface area contributed by atoms with Gasteiger partial charge in [0, 0.05) is 23.5 Å². The Balaban J connectivity index is 1.61. The van der Waals surface area contributed by atoms with Crippen molar-refractivity contribution in [1.82, 2.24) is 20.4 Å². The standard InChI is InChI=1S/C15H22N4OS/c1-10-9-21-15(17-10)8-13-18-14(20-19-13)7-11-5-3-4-6-12(11)16-2/h9,11-12,16H,3-8H2,1-2H3. The predicted molar refractivity (Wildman–Crippen MR) is 82.5 cm³/mol. The van der Waals surface area contributed by atoms with Crippen LogP contribution in [0.1, 0.15) is 48.1 Å². The van der Waals surface area contributed by atoms with Gasteiger partial charge in [-0.05, 0) is 32.7 Å². The average molecular weight is 306 g/mol. The molecule has 0 saturated heterocycles. The molecule has 2 aromatic rings. The summed E-state index contributed by atoms with van der Waals surface area (Å²) in [6.07, 6.45) is 6.68. The van der Waals surface area contributed by atoms with Gasteiger partial charge < -0.3 is 9.84 Å². The van der Waals surface area contributed by atoms with Gasteiger partial charge in [0.05, 0.1) is 6.42 Å². The molecule has 2 atom stereocenters. The fourth-order valence-electron chi connectivity index (χ4n) is 3.12. The van der Waals surface area contributed by atoms with E-state index in [1.807, 2.05) is 14.0 Å². The fraction of sp³-hybridized carbons (Fsp3) is 0.667. The van der Waals surface area contributed by atoms with Gasteiger partial charge in [0.15, 0.2) is 5.82 Å². The Bertz CT molecular complexity index is 580. The molecule has 1 N–H and O–H groups in total. The summed E-state index contributed by atoms with van der Waals surface area (Å²) in [6.45, 7) is 2.00. The van der Waals surface area contributed by atoms with E-state index < -0.39 is 0 Å². The van der Waals surface area contributed by atoms with Crippen LogP contribution in [-0.4, -0.2) is 28.2 Å². The maximum absolute atomic E-state index is 5.43. The van der Waals surface area contributed by atoms with E-state index in [4.69, 9.17) is 4.52 Å². The van der Waals surface area contributed by atoms with Gasteiger partial charge in [-0.1, -0.05) is 18.0 Å². The van der Waals surface area contributed by atoms with Crippen LogP contribution in [-0.2, 0) is 12.8 Å². The summed E-state index contributed by atoms with van der Waals surface area (Å²) in [5.41, 5.74) is 1.05. The second-order valence-corrected chi connectivity index (χ2v) is 6.75. The molecule has 1 fully saturated rings. The van der Waals surface area contributed by atoms with Crippen LogP contribution in [0.4, 0.5) is 0 Å². The Hall–Kier alpha value is -1.27. The zero-order valence-corrected chi connectivity index (χ0v) is 13.4. The summed E-state index contributed by atoms with van der Waals surface area (Å²) in [5.74, 6) is 2.13. The monoisotopic (exact) mass is 306 g/mol. The minimum atomic E-state index is 0.579. The van der Waals surface area contributed by atoms with E-state index in [1.54, 1.807) is 11.3 Å². The lowest BCUT2D eigenvalue weighted by Gasteiger charge is -2.30. The molecule has 6 heteroatoms. The Morgan fingerprint density at radius 2 is 2.19 bits per heavy atom. The fourth-order valence-corrected chi connectivity index (χ4v) is 3.89. The number of hydrogen-bond donors (Lipinski definition) is 1. The van der Waals surface area contributed by atoms with Crippen LogP contribution >= 0.6 is 11.3 Å². The van der Waals surface area contributed by atoms with Crippen LogP contribution in [0.15, 0.2) is 9.90 Å². The molecular formula is C15H22N4OS. The first-order valence-electron chi connectivity index (χ1n) is 7.64. The summed E-state index contributed by atoms with van der Waals surface area (Å²) >= 11 is 1.65. The normalized spacial score (nSPS) is 22.6. The predicted octanol–water partition coefficient (Wildman–Crippen LogP) is 2.75. The molecule has 0 aromatic carbocycles. The molecule has 0 bridgehead atoms. The minimum Gasteiger partial charge on any atom is -0.339 e. The molecule has 1 saturated carbocycles. The Kier molecular flexibility index (Phi) is 4.65. The van der Waals surface area contributed by atoms with Crippen LogP contribution < -0.4 is 5.32 Å². The average Bonchev–Trinajstić information content (AvgIpc) is 3.09. The molecule has 1 aliphatic rings. The van der Waals surface area contributed by atoms with E-state index in [1.165, 1.54) is 25.7 Å². The van der Waals surface area contributed by atoms with E-state index in [-0.39, 0.29) is 0 Å². The molecule has 0 aliphatic heterocycles. The molecule has 2 heterocycles. The first kappa shape index (κ1) is 14.7. The minimum absolute atomic E-state index is 0.579. The molecule has 0 spiro atoms. The molecule has 2 unspecified atom stereocenters. The summed E-state index contributed by atoms with van der Waals surface area (Å²) in [4.78, 5) is 8.98. The van der Waals surface area contributed by atoms with E-state index in [0.717, 1.165) is 28.8 Å². The van der Waals surface area contributed by atoms with Gasteiger partial charge in [0.2, 0.25) is 5.89 Å². The van der Waals surface area contributed by atoms with Gasteiger partial charge >= 0.3 is 0 Å². The van der Waals surface area contributed by atoms with Crippen LogP contribution in [0, 0.1) is 12.8 Å². The van der Waals surface area contributed by atoms with Crippen LogP contribution in [0.25, 0.3) is 0 Å². The van der Waals surface area contributed by atoms with E-state index in [2.05, 4.69) is 25.8 Å². The van der Waals surface area contributed by atoms with E-state index in [9.17, 15) is 0 Å². The van der Waals surface area contributed by atoms with Crippen molar-refractivity contribution in [2.24, 2.45) is 5.92 Å². The van der Waals surface area contributed by atoms with Crippen molar-refractivity contribution in [2.45, 2.75) is 51.5 Å². The molecule has 21 heavy (non-hydrogen) atoms. The lowest BCUT2D eigenvalue weighted by atomic mass is 9.82. The smallest absolute Gasteiger partial charge is 0.226 e. The largest absolute Gasteiger partial charge is 0.339 e. The van der Waals surface area contributed by atoms with Crippen molar-refractivity contribution in [2.75, 3.05) is 7.05 Å². The van der Waals surface area contributed by atoms with Gasteiger partial charge in [0.25, 0.3) is 0 Å². The van der Waals surface area contributed by atoms with Crippen LogP contribution in [0.3, 0.4) is 0 Å². The number of hydrogen-bond acceptors (Lipinski definition) is 6. The molecule has 1 aliphatic carbocycles. The number of rotatable bonds is 5. The Morgan fingerprint density at radius 3 is 2.95 bits per heavy atom. The topological polar surface area (TPSA) is 63.8 Å². The highest BCUT2D eigenvalue weighted by Crippen LogP contribution is 2.27. The quantitative estimate of drug-likeness (QED) is 0.920. The molecule has 0 radical (unpaired) electrons. The van der Waals surface area contributed by atoms with Crippen molar-refractivity contribution in [3.05, 3.63) is 27.8 Å². The first-order valence-corrected chi connectivity index (χ1v) is 8.52. The zero-order valence-electron chi connectivity index (χ0n) is 12.6. The summed E-state index contributed by atoms with van der Waals surface area (Å²) in [6, 6.07) is 0.579. The van der Waals surface area contributed by atoms with Crippen molar-refractivity contribution < 1.29 is 4.52 Å². The number of thiazole rings is 1. The third-order valence-electron chi connectivity index (χ3n) is 4.20. The third kappa shape index (κ3) is 3.68. The lowest BCUT2D eigenvalue weighted by Crippen LogP contribution is -2.37. The van der Waals surface area contributed by atoms with Gasteiger partial charge in [-0.2, -0.15) is 4.98 Å². The summed E-state index contributed by atoms with van der Waals surface area (Å²) in [5, 5.41) is 10.6. The number of aryl methyl sites for hydroxylation is 1. The lowest BCUT2D eigenvalue weighted by molar-refractivity contribution is 0.248. The maximum atomic E-state index is 5.43. The van der Waals surface area contributed by atoms with Crippen molar-refractivity contribution >= 4 is 11.3 Å². The molecular weight excluding hydrogens is 284 g/mol. The van der Waals surface area contributed by atoms with Gasteiger partial charge in [-0.3, -0.25) is 0 Å². The van der Waals surface area contributed by atoms with Crippen LogP contribution in [0.5, 0.6) is 0 Å². The number of nitrogens with one attached hydrogen (secondary N) is 1. The highest BCUT2D eigenvalue weighted by molar-refractivity contribution is 7.09. The van der Waals surface area contributed by atoms with Crippen molar-refractivity contribution in [1.29, 1.82) is 0 Å². The van der Waals surface area contributed by atoms with E-state index >= 15 is 0 Å². The highest BCUT2D eigenvalue weighted by Gasteiger charge is 2.25. The zero-order chi connectivity index (χ0) is 14.7. The molecule has 5 nitrogen and oxygen atoms in total. The maximum Gasteiger partial charge on any atom is 0.226 e. The second kappa shape index (κ2) is 6.66. The Labute approximate surface area is 129 Å². The molecule has 0 amide bonds. The SMILES string of the molecule is CNC1CCCCC1Cc1nc(Cc2nc(C)cs2)no1. The molecule has 114 valence electrons.